The molecule has 2 heterocycles. The van der Waals surface area contributed by atoms with Crippen molar-refractivity contribution in [2.75, 3.05) is 31.6 Å². The van der Waals surface area contributed by atoms with Crippen molar-refractivity contribution in [1.29, 1.82) is 0 Å². The van der Waals surface area contributed by atoms with E-state index in [1.807, 2.05) is 10.9 Å². The highest BCUT2D eigenvalue weighted by atomic mass is 32.2. The van der Waals surface area contributed by atoms with Crippen LogP contribution >= 0.6 is 11.8 Å². The van der Waals surface area contributed by atoms with Crippen molar-refractivity contribution in [1.82, 2.24) is 20.0 Å². The molecule has 0 spiro atoms. The highest BCUT2D eigenvalue weighted by Crippen LogP contribution is 2.26. The SMILES string of the molecule is CCCNC(c1cnn(CC)c1)C1CSCCN1C. The molecular formula is C14H26N4S. The van der Waals surface area contributed by atoms with Crippen molar-refractivity contribution in [3.8, 4) is 0 Å². The molecule has 0 saturated carbocycles. The Morgan fingerprint density at radius 3 is 3.00 bits per heavy atom. The monoisotopic (exact) mass is 282 g/mol. The van der Waals surface area contributed by atoms with Gasteiger partial charge in [0.25, 0.3) is 0 Å². The topological polar surface area (TPSA) is 33.1 Å². The third-order valence-electron chi connectivity index (χ3n) is 3.78. The third kappa shape index (κ3) is 3.74. The first-order chi connectivity index (χ1) is 9.26. The molecule has 19 heavy (non-hydrogen) atoms. The summed E-state index contributed by atoms with van der Waals surface area (Å²) >= 11 is 2.07. The molecule has 2 unspecified atom stereocenters. The maximum atomic E-state index is 4.43. The molecule has 0 radical (unpaired) electrons. The van der Waals surface area contributed by atoms with Gasteiger partial charge in [0.2, 0.25) is 0 Å². The zero-order valence-electron chi connectivity index (χ0n) is 12.3. The van der Waals surface area contributed by atoms with Gasteiger partial charge in [-0.25, -0.2) is 0 Å². The molecule has 5 heteroatoms. The van der Waals surface area contributed by atoms with Crippen LogP contribution in [-0.4, -0.2) is 52.4 Å². The van der Waals surface area contributed by atoms with Gasteiger partial charge in [0.1, 0.15) is 0 Å². The van der Waals surface area contributed by atoms with Crippen LogP contribution < -0.4 is 5.32 Å². The molecule has 2 rings (SSSR count). The molecule has 2 atom stereocenters. The van der Waals surface area contributed by atoms with Crippen LogP contribution in [-0.2, 0) is 6.54 Å². The van der Waals surface area contributed by atoms with Crippen LogP contribution in [0.4, 0.5) is 0 Å². The normalized spacial score (nSPS) is 22.6. The summed E-state index contributed by atoms with van der Waals surface area (Å²) in [7, 11) is 2.25. The Kier molecular flexibility index (Phi) is 5.73. The zero-order chi connectivity index (χ0) is 13.7. The van der Waals surface area contributed by atoms with E-state index in [9.17, 15) is 0 Å². The summed E-state index contributed by atoms with van der Waals surface area (Å²) in [4.78, 5) is 2.49. The van der Waals surface area contributed by atoms with Gasteiger partial charge in [-0.3, -0.25) is 9.58 Å². The average Bonchev–Trinajstić information content (AvgIpc) is 2.90. The molecule has 1 fully saturated rings. The van der Waals surface area contributed by atoms with Gasteiger partial charge in [0, 0.05) is 42.4 Å². The van der Waals surface area contributed by atoms with Gasteiger partial charge >= 0.3 is 0 Å². The second-order valence-electron chi connectivity index (χ2n) is 5.18. The van der Waals surface area contributed by atoms with E-state index in [0.29, 0.717) is 12.1 Å². The summed E-state index contributed by atoms with van der Waals surface area (Å²) in [6.45, 7) is 7.54. The van der Waals surface area contributed by atoms with Gasteiger partial charge in [-0.05, 0) is 26.9 Å². The minimum Gasteiger partial charge on any atom is -0.309 e. The first-order valence-electron chi connectivity index (χ1n) is 7.30. The standard InChI is InChI=1S/C14H26N4S/c1-4-6-15-14(12-9-16-18(5-2)10-12)13-11-19-8-7-17(13)3/h9-10,13-15H,4-8,11H2,1-3H3. The minimum atomic E-state index is 0.401. The quantitative estimate of drug-likeness (QED) is 0.865. The van der Waals surface area contributed by atoms with Crippen LogP contribution in [0.2, 0.25) is 0 Å². The molecular weight excluding hydrogens is 256 g/mol. The number of likely N-dealkylation sites (N-methyl/N-ethyl adjacent to an activating group) is 1. The summed E-state index contributed by atoms with van der Waals surface area (Å²) in [5.41, 5.74) is 1.33. The number of nitrogens with one attached hydrogen (secondary N) is 1. The maximum Gasteiger partial charge on any atom is 0.0538 e. The largest absolute Gasteiger partial charge is 0.309 e. The second-order valence-corrected chi connectivity index (χ2v) is 6.33. The van der Waals surface area contributed by atoms with Gasteiger partial charge in [0.05, 0.1) is 12.2 Å². The Balaban J connectivity index is 2.13. The molecule has 1 aromatic heterocycles. The number of hydrogen-bond acceptors (Lipinski definition) is 4. The number of rotatable bonds is 6. The third-order valence-corrected chi connectivity index (χ3v) is 4.83. The van der Waals surface area contributed by atoms with E-state index < -0.39 is 0 Å². The molecule has 1 aliphatic heterocycles. The summed E-state index contributed by atoms with van der Waals surface area (Å²) in [5, 5.41) is 8.15. The van der Waals surface area contributed by atoms with Crippen LogP contribution in [0, 0.1) is 0 Å². The van der Waals surface area contributed by atoms with Crippen LogP contribution in [0.3, 0.4) is 0 Å². The van der Waals surface area contributed by atoms with Gasteiger partial charge in [-0.2, -0.15) is 16.9 Å². The van der Waals surface area contributed by atoms with Crippen molar-refractivity contribution >= 4 is 11.8 Å². The Morgan fingerprint density at radius 1 is 1.53 bits per heavy atom. The first kappa shape index (κ1) is 14.9. The molecule has 1 N–H and O–H groups in total. The lowest BCUT2D eigenvalue weighted by atomic mass is 10.0. The van der Waals surface area contributed by atoms with E-state index in [1.54, 1.807) is 0 Å². The van der Waals surface area contributed by atoms with Crippen molar-refractivity contribution in [3.05, 3.63) is 18.0 Å². The second kappa shape index (κ2) is 7.31. The molecule has 4 nitrogen and oxygen atoms in total. The van der Waals surface area contributed by atoms with Crippen molar-refractivity contribution < 1.29 is 0 Å². The van der Waals surface area contributed by atoms with Crippen molar-refractivity contribution in [2.45, 2.75) is 38.9 Å². The van der Waals surface area contributed by atoms with Crippen LogP contribution in [0.25, 0.3) is 0 Å². The predicted octanol–water partition coefficient (Wildman–Crippen LogP) is 1.99. The van der Waals surface area contributed by atoms with Gasteiger partial charge in [-0.1, -0.05) is 6.92 Å². The molecule has 0 aromatic carbocycles. The van der Waals surface area contributed by atoms with E-state index in [1.165, 1.54) is 30.0 Å². The Bertz CT molecular complexity index is 379. The number of nitrogens with zero attached hydrogens (tertiary/aromatic N) is 3. The maximum absolute atomic E-state index is 4.43. The van der Waals surface area contributed by atoms with Crippen molar-refractivity contribution in [2.24, 2.45) is 0 Å². The minimum absolute atomic E-state index is 0.401. The number of aryl methyl sites for hydroxylation is 1. The van der Waals surface area contributed by atoms with Crippen molar-refractivity contribution in [3.63, 3.8) is 0 Å². The Labute approximate surface area is 120 Å². The number of thioether (sulfide) groups is 1. The summed E-state index contributed by atoms with van der Waals surface area (Å²) < 4.78 is 2.02. The van der Waals surface area contributed by atoms with E-state index in [-0.39, 0.29) is 0 Å². The highest BCUT2D eigenvalue weighted by Gasteiger charge is 2.29. The first-order valence-corrected chi connectivity index (χ1v) is 8.45. The van der Waals surface area contributed by atoms with Crippen LogP contribution in [0.15, 0.2) is 12.4 Å². The molecule has 0 amide bonds. The molecule has 1 aliphatic rings. The number of hydrogen-bond donors (Lipinski definition) is 1. The Hall–Kier alpha value is -0.520. The molecule has 1 aromatic rings. The smallest absolute Gasteiger partial charge is 0.0538 e. The molecule has 108 valence electrons. The fourth-order valence-electron chi connectivity index (χ4n) is 2.55. The zero-order valence-corrected chi connectivity index (χ0v) is 13.1. The van der Waals surface area contributed by atoms with E-state index >= 15 is 0 Å². The molecule has 0 aliphatic carbocycles. The van der Waals surface area contributed by atoms with Gasteiger partial charge < -0.3 is 5.32 Å². The lowest BCUT2D eigenvalue weighted by Gasteiger charge is -2.38. The molecule has 1 saturated heterocycles. The van der Waals surface area contributed by atoms with Gasteiger partial charge in [-0.15, -0.1) is 0 Å². The van der Waals surface area contributed by atoms with Gasteiger partial charge in [0.15, 0.2) is 0 Å². The van der Waals surface area contributed by atoms with Crippen LogP contribution in [0.1, 0.15) is 31.9 Å². The average molecular weight is 282 g/mol. The molecule has 0 bridgehead atoms. The highest BCUT2D eigenvalue weighted by molar-refractivity contribution is 7.99. The van der Waals surface area contributed by atoms with E-state index in [2.05, 4.69) is 54.2 Å². The lowest BCUT2D eigenvalue weighted by molar-refractivity contribution is 0.215. The summed E-state index contributed by atoms with van der Waals surface area (Å²) in [6, 6.07) is 0.970. The fourth-order valence-corrected chi connectivity index (χ4v) is 3.82. The van der Waals surface area contributed by atoms with E-state index in [0.717, 1.165) is 13.1 Å². The Morgan fingerprint density at radius 2 is 2.37 bits per heavy atom. The lowest BCUT2D eigenvalue weighted by Crippen LogP contribution is -2.47. The summed E-state index contributed by atoms with van der Waals surface area (Å²) in [6.07, 6.45) is 5.40. The fraction of sp³-hybridized carbons (Fsp3) is 0.786. The van der Waals surface area contributed by atoms with E-state index in [4.69, 9.17) is 0 Å². The predicted molar refractivity (Wildman–Crippen MR) is 82.7 cm³/mol. The van der Waals surface area contributed by atoms with Crippen LogP contribution in [0.5, 0.6) is 0 Å². The number of aromatic nitrogens is 2. The summed E-state index contributed by atoms with van der Waals surface area (Å²) in [5.74, 6) is 2.46.